The van der Waals surface area contributed by atoms with Gasteiger partial charge in [0.2, 0.25) is 0 Å². The summed E-state index contributed by atoms with van der Waals surface area (Å²) in [6.07, 6.45) is 62.7. The number of hydrogen-bond acceptors (Lipinski definition) is 6. The summed E-state index contributed by atoms with van der Waals surface area (Å²) in [4.78, 5) is 38.0. The number of esters is 3. The van der Waals surface area contributed by atoms with Gasteiger partial charge in [-0.1, -0.05) is 256 Å². The molecule has 6 nitrogen and oxygen atoms in total. The van der Waals surface area contributed by atoms with Crippen molar-refractivity contribution < 1.29 is 28.6 Å². The lowest BCUT2D eigenvalue weighted by molar-refractivity contribution is -0.167. The maximum atomic E-state index is 12.8. The zero-order chi connectivity index (χ0) is 46.5. The van der Waals surface area contributed by atoms with Crippen molar-refractivity contribution in [2.24, 2.45) is 0 Å². The smallest absolute Gasteiger partial charge is 0.306 e. The van der Waals surface area contributed by atoms with Gasteiger partial charge in [0.15, 0.2) is 6.10 Å². The van der Waals surface area contributed by atoms with Crippen LogP contribution in [-0.2, 0) is 28.6 Å². The van der Waals surface area contributed by atoms with Crippen LogP contribution in [0, 0.1) is 0 Å². The van der Waals surface area contributed by atoms with Gasteiger partial charge >= 0.3 is 17.9 Å². The molecule has 0 aliphatic rings. The van der Waals surface area contributed by atoms with Gasteiger partial charge in [-0.25, -0.2) is 0 Å². The zero-order valence-electron chi connectivity index (χ0n) is 42.8. The Morgan fingerprint density at radius 2 is 0.562 bits per heavy atom. The number of allylic oxidation sites excluding steroid dienone is 6. The Morgan fingerprint density at radius 3 is 0.875 bits per heavy atom. The Balaban J connectivity index is 4.31. The van der Waals surface area contributed by atoms with Gasteiger partial charge < -0.3 is 14.2 Å². The number of hydrogen-bond donors (Lipinski definition) is 0. The van der Waals surface area contributed by atoms with Crippen LogP contribution >= 0.6 is 0 Å². The summed E-state index contributed by atoms with van der Waals surface area (Å²) in [5, 5.41) is 0. The normalized spacial score (nSPS) is 12.2. The third-order valence-electron chi connectivity index (χ3n) is 12.4. The van der Waals surface area contributed by atoms with Crippen molar-refractivity contribution in [1.29, 1.82) is 0 Å². The van der Waals surface area contributed by atoms with Gasteiger partial charge in [0.25, 0.3) is 0 Å². The number of ether oxygens (including phenoxy) is 3. The SMILES string of the molecule is CCCCCCC/C=C\C/C=C\C/C=C\CCCCCCCCC(=O)OCC(COC(=O)CCCCCCCCCCCCC)OC(=O)CCCCCCCCCCCCCCCC. The van der Waals surface area contributed by atoms with Crippen LogP contribution in [0.25, 0.3) is 0 Å². The van der Waals surface area contributed by atoms with Gasteiger partial charge in [-0.15, -0.1) is 0 Å². The van der Waals surface area contributed by atoms with Crippen molar-refractivity contribution in [2.45, 2.75) is 303 Å². The Hall–Kier alpha value is -2.37. The van der Waals surface area contributed by atoms with Crippen LogP contribution in [0.5, 0.6) is 0 Å². The van der Waals surface area contributed by atoms with Gasteiger partial charge in [-0.05, 0) is 57.8 Å². The number of carbonyl (C=O) groups excluding carboxylic acids is 3. The van der Waals surface area contributed by atoms with Crippen molar-refractivity contribution in [1.82, 2.24) is 0 Å². The minimum absolute atomic E-state index is 0.0720. The second kappa shape index (κ2) is 53.2. The average molecular weight is 899 g/mol. The van der Waals surface area contributed by atoms with Gasteiger partial charge in [0.05, 0.1) is 0 Å². The van der Waals surface area contributed by atoms with Gasteiger partial charge in [0.1, 0.15) is 13.2 Å². The lowest BCUT2D eigenvalue weighted by Gasteiger charge is -2.18. The molecule has 0 bridgehead atoms. The molecule has 0 radical (unpaired) electrons. The Kier molecular flexibility index (Phi) is 51.3. The summed E-state index contributed by atoms with van der Waals surface area (Å²) in [5.41, 5.74) is 0. The number of rotatable bonds is 51. The Bertz CT molecular complexity index is 1080. The highest BCUT2D eigenvalue weighted by atomic mass is 16.6. The number of carbonyl (C=O) groups is 3. The topological polar surface area (TPSA) is 78.9 Å². The lowest BCUT2D eigenvalue weighted by atomic mass is 10.0. The van der Waals surface area contributed by atoms with E-state index >= 15 is 0 Å². The molecule has 0 fully saturated rings. The van der Waals surface area contributed by atoms with E-state index in [1.165, 1.54) is 180 Å². The predicted octanol–water partition coefficient (Wildman–Crippen LogP) is 18.5. The van der Waals surface area contributed by atoms with Crippen LogP contribution in [0.4, 0.5) is 0 Å². The summed E-state index contributed by atoms with van der Waals surface area (Å²) in [6, 6.07) is 0. The van der Waals surface area contributed by atoms with Crippen molar-refractivity contribution in [3.8, 4) is 0 Å². The van der Waals surface area contributed by atoms with Crippen LogP contribution in [-0.4, -0.2) is 37.2 Å². The maximum Gasteiger partial charge on any atom is 0.306 e. The predicted molar refractivity (Wildman–Crippen MR) is 275 cm³/mol. The van der Waals surface area contributed by atoms with E-state index < -0.39 is 6.10 Å². The first-order valence-electron chi connectivity index (χ1n) is 28.0. The summed E-state index contributed by atoms with van der Waals surface area (Å²) in [6.45, 7) is 6.64. The standard InChI is InChI=1S/C58H106O6/c1-4-7-10-13-16-19-22-24-26-27-28-29-30-31-32-34-36-39-42-45-48-51-57(60)63-54-55(53-62-56(59)50-47-44-41-38-35-21-18-15-12-9-6-3)64-58(61)52-49-46-43-40-37-33-25-23-20-17-14-11-8-5-2/h22,24,27-28,30-31,55H,4-21,23,25-26,29,32-54H2,1-3H3/b24-22-,28-27-,31-30-. The molecule has 0 aliphatic carbocycles. The molecule has 374 valence electrons. The van der Waals surface area contributed by atoms with E-state index in [1.54, 1.807) is 0 Å². The highest BCUT2D eigenvalue weighted by Crippen LogP contribution is 2.16. The molecule has 0 aromatic rings. The van der Waals surface area contributed by atoms with Gasteiger partial charge in [0, 0.05) is 19.3 Å². The van der Waals surface area contributed by atoms with Crippen molar-refractivity contribution in [3.05, 3.63) is 36.5 Å². The lowest BCUT2D eigenvalue weighted by Crippen LogP contribution is -2.30. The van der Waals surface area contributed by atoms with Crippen LogP contribution < -0.4 is 0 Å². The highest BCUT2D eigenvalue weighted by molar-refractivity contribution is 5.71. The molecule has 0 heterocycles. The second-order valence-electron chi connectivity index (χ2n) is 18.9. The van der Waals surface area contributed by atoms with E-state index in [9.17, 15) is 14.4 Å². The fraction of sp³-hybridized carbons (Fsp3) is 0.845. The first-order valence-corrected chi connectivity index (χ1v) is 28.0. The molecular weight excluding hydrogens is 793 g/mol. The fourth-order valence-corrected chi connectivity index (χ4v) is 8.16. The molecule has 0 saturated carbocycles. The maximum absolute atomic E-state index is 12.8. The molecule has 0 saturated heterocycles. The van der Waals surface area contributed by atoms with E-state index in [1.807, 2.05) is 0 Å². The summed E-state index contributed by atoms with van der Waals surface area (Å²) < 4.78 is 16.8. The first kappa shape index (κ1) is 61.6. The first-order chi connectivity index (χ1) is 31.5. The van der Waals surface area contributed by atoms with Crippen LogP contribution in [0.2, 0.25) is 0 Å². The average Bonchev–Trinajstić information content (AvgIpc) is 3.29. The van der Waals surface area contributed by atoms with E-state index in [-0.39, 0.29) is 31.1 Å². The third-order valence-corrected chi connectivity index (χ3v) is 12.4. The fourth-order valence-electron chi connectivity index (χ4n) is 8.16. The molecule has 1 unspecified atom stereocenters. The molecular formula is C58H106O6. The molecule has 0 N–H and O–H groups in total. The molecule has 0 amide bonds. The number of unbranched alkanes of at least 4 members (excludes halogenated alkanes) is 34. The summed E-state index contributed by atoms with van der Waals surface area (Å²) in [5.74, 6) is -0.870. The molecule has 1 atom stereocenters. The minimum Gasteiger partial charge on any atom is -0.462 e. The highest BCUT2D eigenvalue weighted by Gasteiger charge is 2.19. The molecule has 0 aromatic carbocycles. The summed E-state index contributed by atoms with van der Waals surface area (Å²) in [7, 11) is 0. The van der Waals surface area contributed by atoms with Crippen LogP contribution in [0.1, 0.15) is 297 Å². The zero-order valence-corrected chi connectivity index (χ0v) is 42.8. The Labute approximate surface area is 397 Å². The van der Waals surface area contributed by atoms with E-state index in [4.69, 9.17) is 14.2 Å². The van der Waals surface area contributed by atoms with E-state index in [2.05, 4.69) is 57.2 Å². The van der Waals surface area contributed by atoms with Gasteiger partial charge in [-0.2, -0.15) is 0 Å². The third kappa shape index (κ3) is 50.6. The van der Waals surface area contributed by atoms with Crippen molar-refractivity contribution in [3.63, 3.8) is 0 Å². The molecule has 0 aromatic heterocycles. The van der Waals surface area contributed by atoms with Crippen LogP contribution in [0.3, 0.4) is 0 Å². The molecule has 0 spiro atoms. The molecule has 64 heavy (non-hydrogen) atoms. The summed E-state index contributed by atoms with van der Waals surface area (Å²) >= 11 is 0. The largest absolute Gasteiger partial charge is 0.462 e. The quantitative estimate of drug-likeness (QED) is 0.0262. The second-order valence-corrected chi connectivity index (χ2v) is 18.9. The van der Waals surface area contributed by atoms with Crippen molar-refractivity contribution >= 4 is 17.9 Å². The van der Waals surface area contributed by atoms with E-state index in [0.717, 1.165) is 77.0 Å². The monoisotopic (exact) mass is 899 g/mol. The van der Waals surface area contributed by atoms with Gasteiger partial charge in [-0.3, -0.25) is 14.4 Å². The van der Waals surface area contributed by atoms with Crippen LogP contribution in [0.15, 0.2) is 36.5 Å². The minimum atomic E-state index is -0.772. The van der Waals surface area contributed by atoms with Crippen molar-refractivity contribution in [2.75, 3.05) is 13.2 Å². The van der Waals surface area contributed by atoms with E-state index in [0.29, 0.717) is 19.3 Å². The molecule has 6 heteroatoms. The Morgan fingerprint density at radius 1 is 0.312 bits per heavy atom. The molecule has 0 rings (SSSR count). The molecule has 0 aliphatic heterocycles.